The van der Waals surface area contributed by atoms with E-state index in [0.717, 1.165) is 14.5 Å². The molecule has 0 unspecified atom stereocenters. The molecule has 0 saturated carbocycles. The number of rotatable bonds is 3. The van der Waals surface area contributed by atoms with Crippen LogP contribution >= 0.6 is 55.1 Å². The van der Waals surface area contributed by atoms with Gasteiger partial charge in [0.15, 0.2) is 0 Å². The second-order valence-electron chi connectivity index (χ2n) is 3.44. The van der Waals surface area contributed by atoms with Gasteiger partial charge in [-0.25, -0.2) is 4.98 Å². The molecule has 0 aliphatic rings. The van der Waals surface area contributed by atoms with E-state index in [0.29, 0.717) is 22.5 Å². The molecule has 0 spiro atoms. The highest BCUT2D eigenvalue weighted by atomic mass is 79.9. The summed E-state index contributed by atoms with van der Waals surface area (Å²) in [6, 6.07) is 7.32. The standard InChI is InChI=1S/C12H7Br2Cl2NO/c13-8-1-2-11(9(14)4-8)18-12-10(16)3-7(5-15)6-17-12/h1-4,6H,5H2. The minimum atomic E-state index is 0.355. The van der Waals surface area contributed by atoms with Crippen molar-refractivity contribution in [1.82, 2.24) is 4.98 Å². The largest absolute Gasteiger partial charge is 0.436 e. The first kappa shape index (κ1) is 14.1. The maximum Gasteiger partial charge on any atom is 0.238 e. The van der Waals surface area contributed by atoms with E-state index in [1.807, 2.05) is 18.2 Å². The fourth-order valence-corrected chi connectivity index (χ4v) is 2.78. The first-order valence-corrected chi connectivity index (χ1v) is 7.43. The molecule has 0 atom stereocenters. The first-order chi connectivity index (χ1) is 8.60. The van der Waals surface area contributed by atoms with Crippen LogP contribution in [0.5, 0.6) is 11.6 Å². The number of hydrogen-bond donors (Lipinski definition) is 0. The topological polar surface area (TPSA) is 22.1 Å². The van der Waals surface area contributed by atoms with Crippen LogP contribution in [-0.4, -0.2) is 4.98 Å². The van der Waals surface area contributed by atoms with Crippen molar-refractivity contribution < 1.29 is 4.74 Å². The highest BCUT2D eigenvalue weighted by Gasteiger charge is 2.08. The van der Waals surface area contributed by atoms with E-state index in [9.17, 15) is 0 Å². The monoisotopic (exact) mass is 409 g/mol. The first-order valence-electron chi connectivity index (χ1n) is 4.93. The van der Waals surface area contributed by atoms with Crippen LogP contribution in [0.1, 0.15) is 5.56 Å². The van der Waals surface area contributed by atoms with Crippen LogP contribution in [0.15, 0.2) is 39.4 Å². The summed E-state index contributed by atoms with van der Waals surface area (Å²) in [6.07, 6.45) is 1.64. The van der Waals surface area contributed by atoms with Gasteiger partial charge in [-0.3, -0.25) is 0 Å². The highest BCUT2D eigenvalue weighted by molar-refractivity contribution is 9.11. The van der Waals surface area contributed by atoms with Crippen molar-refractivity contribution in [1.29, 1.82) is 0 Å². The van der Waals surface area contributed by atoms with Crippen LogP contribution in [0.25, 0.3) is 0 Å². The van der Waals surface area contributed by atoms with E-state index in [-0.39, 0.29) is 0 Å². The van der Waals surface area contributed by atoms with Gasteiger partial charge in [0.25, 0.3) is 0 Å². The van der Waals surface area contributed by atoms with Gasteiger partial charge in [-0.05, 0) is 45.8 Å². The van der Waals surface area contributed by atoms with Crippen LogP contribution in [0, 0.1) is 0 Å². The zero-order valence-electron chi connectivity index (χ0n) is 8.96. The third-order valence-electron chi connectivity index (χ3n) is 2.12. The average molecular weight is 412 g/mol. The van der Waals surface area contributed by atoms with E-state index < -0.39 is 0 Å². The van der Waals surface area contributed by atoms with Crippen molar-refractivity contribution in [3.8, 4) is 11.6 Å². The zero-order chi connectivity index (χ0) is 13.1. The summed E-state index contributed by atoms with van der Waals surface area (Å²) in [4.78, 5) is 4.14. The molecule has 18 heavy (non-hydrogen) atoms. The molecule has 6 heteroatoms. The van der Waals surface area contributed by atoms with Gasteiger partial charge >= 0.3 is 0 Å². The van der Waals surface area contributed by atoms with Gasteiger partial charge in [0.1, 0.15) is 10.8 Å². The molecule has 2 rings (SSSR count). The van der Waals surface area contributed by atoms with E-state index in [1.165, 1.54) is 0 Å². The maximum atomic E-state index is 6.07. The summed E-state index contributed by atoms with van der Waals surface area (Å²) in [5.74, 6) is 1.37. The molecule has 0 aliphatic heterocycles. The molecule has 1 aromatic carbocycles. The lowest BCUT2D eigenvalue weighted by Gasteiger charge is -2.09. The average Bonchev–Trinajstić information content (AvgIpc) is 2.34. The molecule has 2 aromatic rings. The van der Waals surface area contributed by atoms with E-state index in [1.54, 1.807) is 12.3 Å². The third kappa shape index (κ3) is 3.38. The summed E-state index contributed by atoms with van der Waals surface area (Å²) < 4.78 is 7.41. The van der Waals surface area contributed by atoms with Crippen molar-refractivity contribution in [2.45, 2.75) is 5.88 Å². The number of benzene rings is 1. The molecule has 1 heterocycles. The molecule has 0 N–H and O–H groups in total. The Morgan fingerprint density at radius 3 is 2.61 bits per heavy atom. The Kier molecular flexibility index (Phi) is 4.90. The lowest BCUT2D eigenvalue weighted by Crippen LogP contribution is -1.91. The molecule has 1 aromatic heterocycles. The molecule has 94 valence electrons. The fraction of sp³-hybridized carbons (Fsp3) is 0.0833. The van der Waals surface area contributed by atoms with Crippen molar-refractivity contribution >= 4 is 55.1 Å². The maximum absolute atomic E-state index is 6.07. The SMILES string of the molecule is ClCc1cnc(Oc2ccc(Br)cc2Br)c(Cl)c1. The van der Waals surface area contributed by atoms with Crippen LogP contribution in [-0.2, 0) is 5.88 Å². The molecule has 2 nitrogen and oxygen atoms in total. The van der Waals surface area contributed by atoms with Crippen LogP contribution in [0.2, 0.25) is 5.02 Å². The number of hydrogen-bond acceptors (Lipinski definition) is 2. The Balaban J connectivity index is 2.28. The molecule has 0 radical (unpaired) electrons. The molecular formula is C12H7Br2Cl2NO. The van der Waals surface area contributed by atoms with Gasteiger partial charge in [0.2, 0.25) is 5.88 Å². The molecule has 0 fully saturated rings. The Bertz CT molecular complexity index is 578. The second-order valence-corrected chi connectivity index (χ2v) is 5.89. The van der Waals surface area contributed by atoms with Crippen molar-refractivity contribution in [3.05, 3.63) is 50.0 Å². The Hall–Kier alpha value is -0.290. The van der Waals surface area contributed by atoms with E-state index >= 15 is 0 Å². The number of halogens is 4. The number of ether oxygens (including phenoxy) is 1. The van der Waals surface area contributed by atoms with Crippen LogP contribution in [0.4, 0.5) is 0 Å². The lowest BCUT2D eigenvalue weighted by molar-refractivity contribution is 0.460. The minimum absolute atomic E-state index is 0.355. The molecular weight excluding hydrogens is 405 g/mol. The second kappa shape index (κ2) is 6.24. The summed E-state index contributed by atoms with van der Waals surface area (Å²) in [6.45, 7) is 0. The summed E-state index contributed by atoms with van der Waals surface area (Å²) in [5, 5.41) is 0.433. The Morgan fingerprint density at radius 1 is 1.22 bits per heavy atom. The van der Waals surface area contributed by atoms with Gasteiger partial charge in [-0.15, -0.1) is 11.6 Å². The van der Waals surface area contributed by atoms with Crippen molar-refractivity contribution in [2.24, 2.45) is 0 Å². The van der Waals surface area contributed by atoms with Gasteiger partial charge in [-0.2, -0.15) is 0 Å². The predicted octanol–water partition coefficient (Wildman–Crippen LogP) is 5.79. The summed E-state index contributed by atoms with van der Waals surface area (Å²) in [5.41, 5.74) is 0.851. The molecule has 0 bridgehead atoms. The number of pyridine rings is 1. The minimum Gasteiger partial charge on any atom is -0.436 e. The smallest absolute Gasteiger partial charge is 0.238 e. The predicted molar refractivity (Wildman–Crippen MR) is 80.7 cm³/mol. The highest BCUT2D eigenvalue weighted by Crippen LogP contribution is 2.34. The quantitative estimate of drug-likeness (QED) is 0.596. The van der Waals surface area contributed by atoms with Crippen LogP contribution < -0.4 is 4.74 Å². The molecule has 0 amide bonds. The Labute approximate surface area is 132 Å². The summed E-state index contributed by atoms with van der Waals surface area (Å²) in [7, 11) is 0. The van der Waals surface area contributed by atoms with Gasteiger partial charge in [0, 0.05) is 16.5 Å². The molecule has 0 saturated heterocycles. The third-order valence-corrected chi connectivity index (χ3v) is 3.81. The van der Waals surface area contributed by atoms with Gasteiger partial charge < -0.3 is 4.74 Å². The fourth-order valence-electron chi connectivity index (χ4n) is 1.28. The van der Waals surface area contributed by atoms with Crippen molar-refractivity contribution in [3.63, 3.8) is 0 Å². The van der Waals surface area contributed by atoms with Gasteiger partial charge in [-0.1, -0.05) is 27.5 Å². The Morgan fingerprint density at radius 2 is 2.00 bits per heavy atom. The van der Waals surface area contributed by atoms with Crippen LogP contribution in [0.3, 0.4) is 0 Å². The molecule has 0 aliphatic carbocycles. The van der Waals surface area contributed by atoms with E-state index in [4.69, 9.17) is 27.9 Å². The number of nitrogens with zero attached hydrogens (tertiary/aromatic N) is 1. The summed E-state index contributed by atoms with van der Waals surface area (Å²) >= 11 is 18.6. The number of aromatic nitrogens is 1. The zero-order valence-corrected chi connectivity index (χ0v) is 13.6. The van der Waals surface area contributed by atoms with E-state index in [2.05, 4.69) is 36.8 Å². The van der Waals surface area contributed by atoms with Crippen molar-refractivity contribution in [2.75, 3.05) is 0 Å². The lowest BCUT2D eigenvalue weighted by atomic mass is 10.3. The number of alkyl halides is 1. The van der Waals surface area contributed by atoms with Gasteiger partial charge in [0.05, 0.1) is 4.47 Å². The normalized spacial score (nSPS) is 10.4.